The highest BCUT2D eigenvalue weighted by Gasteiger charge is 2.14. The molecule has 0 aliphatic carbocycles. The second-order valence-corrected chi connectivity index (χ2v) is 7.28. The summed E-state index contributed by atoms with van der Waals surface area (Å²) in [6, 6.07) is 35.1. The average molecular weight is 380 g/mol. The van der Waals surface area contributed by atoms with Crippen LogP contribution in [0.3, 0.4) is 0 Å². The third-order valence-corrected chi connectivity index (χ3v) is 5.37. The standard InChI is InChI=1S/C27H25NO/c29-27(25-17-9-15-21-14-7-8-16-24(21)25)18-19-28-20-26(22-10-3-1-4-11-22)23-12-5-2-6-13-23/h1-17,26,28H,18-20H2. The van der Waals surface area contributed by atoms with Crippen molar-refractivity contribution in [1.29, 1.82) is 0 Å². The van der Waals surface area contributed by atoms with Crippen LogP contribution in [0.15, 0.2) is 103 Å². The van der Waals surface area contributed by atoms with E-state index in [1.165, 1.54) is 11.1 Å². The number of hydrogen-bond acceptors (Lipinski definition) is 2. The fourth-order valence-electron chi connectivity index (χ4n) is 3.85. The quantitative estimate of drug-likeness (QED) is 0.308. The normalized spacial score (nSPS) is 11.1. The molecule has 0 spiro atoms. The minimum atomic E-state index is 0.185. The molecule has 0 aliphatic heterocycles. The molecule has 0 aromatic heterocycles. The van der Waals surface area contributed by atoms with Gasteiger partial charge in [-0.2, -0.15) is 0 Å². The van der Waals surface area contributed by atoms with Crippen LogP contribution in [0.1, 0.15) is 33.8 Å². The summed E-state index contributed by atoms with van der Waals surface area (Å²) < 4.78 is 0. The van der Waals surface area contributed by atoms with Crippen molar-refractivity contribution >= 4 is 16.6 Å². The third-order valence-electron chi connectivity index (χ3n) is 5.37. The minimum Gasteiger partial charge on any atom is -0.315 e. The van der Waals surface area contributed by atoms with Gasteiger partial charge in [0.05, 0.1) is 0 Å². The molecule has 0 aliphatic rings. The van der Waals surface area contributed by atoms with Crippen molar-refractivity contribution in [1.82, 2.24) is 5.32 Å². The number of rotatable bonds is 8. The molecule has 0 saturated carbocycles. The van der Waals surface area contributed by atoms with Crippen molar-refractivity contribution in [3.8, 4) is 0 Å². The largest absolute Gasteiger partial charge is 0.315 e. The van der Waals surface area contributed by atoms with E-state index < -0.39 is 0 Å². The monoisotopic (exact) mass is 379 g/mol. The van der Waals surface area contributed by atoms with Crippen molar-refractivity contribution in [2.75, 3.05) is 13.1 Å². The van der Waals surface area contributed by atoms with Crippen LogP contribution in [0.2, 0.25) is 0 Å². The molecule has 29 heavy (non-hydrogen) atoms. The van der Waals surface area contributed by atoms with Crippen molar-refractivity contribution in [3.63, 3.8) is 0 Å². The van der Waals surface area contributed by atoms with Gasteiger partial charge in [-0.25, -0.2) is 0 Å². The Morgan fingerprint density at radius 1 is 0.690 bits per heavy atom. The first-order valence-electron chi connectivity index (χ1n) is 10.1. The average Bonchev–Trinajstić information content (AvgIpc) is 2.79. The number of carbonyl (C=O) groups excluding carboxylic acids is 1. The summed E-state index contributed by atoms with van der Waals surface area (Å²) in [4.78, 5) is 12.8. The van der Waals surface area contributed by atoms with Crippen LogP contribution >= 0.6 is 0 Å². The van der Waals surface area contributed by atoms with E-state index in [9.17, 15) is 4.79 Å². The Bertz CT molecular complexity index is 1030. The molecule has 4 aromatic rings. The SMILES string of the molecule is O=C(CCNCC(c1ccccc1)c1ccccc1)c1cccc2ccccc12. The number of benzene rings is 4. The number of carbonyl (C=O) groups is 1. The molecule has 4 rings (SSSR count). The molecule has 0 fully saturated rings. The third kappa shape index (κ3) is 4.61. The molecule has 144 valence electrons. The van der Waals surface area contributed by atoms with Gasteiger partial charge in [0.25, 0.3) is 0 Å². The molecule has 4 aromatic carbocycles. The van der Waals surface area contributed by atoms with E-state index in [2.05, 4.69) is 66.0 Å². The van der Waals surface area contributed by atoms with Gasteiger partial charge in [0.1, 0.15) is 0 Å². The number of Topliss-reactive ketones (excluding diaryl/α,β-unsaturated/α-hetero) is 1. The number of ketones is 1. The van der Waals surface area contributed by atoms with Crippen LogP contribution in [0.4, 0.5) is 0 Å². The van der Waals surface area contributed by atoms with Gasteiger partial charge in [-0.3, -0.25) is 4.79 Å². The molecular weight excluding hydrogens is 354 g/mol. The predicted molar refractivity (Wildman–Crippen MR) is 120 cm³/mol. The van der Waals surface area contributed by atoms with Gasteiger partial charge in [-0.1, -0.05) is 103 Å². The van der Waals surface area contributed by atoms with Crippen molar-refractivity contribution in [2.24, 2.45) is 0 Å². The Balaban J connectivity index is 1.41. The number of hydrogen-bond donors (Lipinski definition) is 1. The van der Waals surface area contributed by atoms with E-state index >= 15 is 0 Å². The Kier molecular flexibility index (Phi) is 6.13. The van der Waals surface area contributed by atoms with E-state index in [0.29, 0.717) is 13.0 Å². The lowest BCUT2D eigenvalue weighted by atomic mass is 9.91. The lowest BCUT2D eigenvalue weighted by Crippen LogP contribution is -2.25. The van der Waals surface area contributed by atoms with Crippen molar-refractivity contribution in [2.45, 2.75) is 12.3 Å². The van der Waals surface area contributed by atoms with Gasteiger partial charge >= 0.3 is 0 Å². The van der Waals surface area contributed by atoms with Crippen LogP contribution in [0.5, 0.6) is 0 Å². The van der Waals surface area contributed by atoms with Gasteiger partial charge < -0.3 is 5.32 Å². The van der Waals surface area contributed by atoms with Crippen LogP contribution in [-0.2, 0) is 0 Å². The van der Waals surface area contributed by atoms with E-state index in [1.807, 2.05) is 42.5 Å². The zero-order valence-electron chi connectivity index (χ0n) is 16.4. The van der Waals surface area contributed by atoms with Gasteiger partial charge in [0.15, 0.2) is 5.78 Å². The Morgan fingerprint density at radius 2 is 1.28 bits per heavy atom. The van der Waals surface area contributed by atoms with E-state index in [1.54, 1.807) is 0 Å². The Morgan fingerprint density at radius 3 is 1.97 bits per heavy atom. The summed E-state index contributed by atoms with van der Waals surface area (Å²) in [5.74, 6) is 0.454. The van der Waals surface area contributed by atoms with Crippen molar-refractivity contribution < 1.29 is 4.79 Å². The minimum absolute atomic E-state index is 0.185. The van der Waals surface area contributed by atoms with Crippen LogP contribution < -0.4 is 5.32 Å². The summed E-state index contributed by atoms with van der Waals surface area (Å²) in [6.07, 6.45) is 0.490. The fraction of sp³-hybridized carbons (Fsp3) is 0.148. The summed E-state index contributed by atoms with van der Waals surface area (Å²) in [6.45, 7) is 1.47. The second-order valence-electron chi connectivity index (χ2n) is 7.28. The molecule has 0 saturated heterocycles. The maximum absolute atomic E-state index is 12.8. The van der Waals surface area contributed by atoms with Gasteiger partial charge in [-0.15, -0.1) is 0 Å². The van der Waals surface area contributed by atoms with Gasteiger partial charge in [0.2, 0.25) is 0 Å². The highest BCUT2D eigenvalue weighted by molar-refractivity contribution is 6.08. The van der Waals surface area contributed by atoms with Crippen molar-refractivity contribution in [3.05, 3.63) is 120 Å². The zero-order valence-corrected chi connectivity index (χ0v) is 16.4. The maximum Gasteiger partial charge on any atom is 0.164 e. The molecular formula is C27H25NO. The summed E-state index contributed by atoms with van der Waals surface area (Å²) in [5, 5.41) is 5.65. The first-order valence-corrected chi connectivity index (χ1v) is 10.1. The Hall–Kier alpha value is -3.23. The number of fused-ring (bicyclic) bond motifs is 1. The molecule has 2 nitrogen and oxygen atoms in total. The van der Waals surface area contributed by atoms with E-state index in [-0.39, 0.29) is 11.7 Å². The molecule has 0 atom stereocenters. The molecule has 0 heterocycles. The van der Waals surface area contributed by atoms with E-state index in [4.69, 9.17) is 0 Å². The van der Waals surface area contributed by atoms with Gasteiger partial charge in [-0.05, 0) is 21.9 Å². The summed E-state index contributed by atoms with van der Waals surface area (Å²) in [7, 11) is 0. The van der Waals surface area contributed by atoms with Crippen LogP contribution in [0.25, 0.3) is 10.8 Å². The highest BCUT2D eigenvalue weighted by atomic mass is 16.1. The summed E-state index contributed by atoms with van der Waals surface area (Å²) in [5.41, 5.74) is 3.38. The first-order chi connectivity index (χ1) is 14.3. The smallest absolute Gasteiger partial charge is 0.164 e. The molecule has 0 bridgehead atoms. The summed E-state index contributed by atoms with van der Waals surface area (Å²) >= 11 is 0. The topological polar surface area (TPSA) is 29.1 Å². The lowest BCUT2D eigenvalue weighted by molar-refractivity contribution is 0.0984. The zero-order chi connectivity index (χ0) is 19.9. The lowest BCUT2D eigenvalue weighted by Gasteiger charge is -2.19. The maximum atomic E-state index is 12.8. The molecule has 0 unspecified atom stereocenters. The molecule has 1 N–H and O–H groups in total. The highest BCUT2D eigenvalue weighted by Crippen LogP contribution is 2.24. The molecule has 0 amide bonds. The first kappa shape index (κ1) is 19.1. The fourth-order valence-corrected chi connectivity index (χ4v) is 3.85. The van der Waals surface area contributed by atoms with Crippen LogP contribution in [-0.4, -0.2) is 18.9 Å². The predicted octanol–water partition coefficient (Wildman–Crippen LogP) is 5.83. The second kappa shape index (κ2) is 9.31. The van der Waals surface area contributed by atoms with E-state index in [0.717, 1.165) is 22.9 Å². The molecule has 2 heteroatoms. The number of nitrogens with one attached hydrogen (secondary N) is 1. The molecule has 0 radical (unpaired) electrons. The van der Waals surface area contributed by atoms with Gasteiger partial charge in [0, 0.05) is 31.0 Å². The van der Waals surface area contributed by atoms with Crippen LogP contribution in [0, 0.1) is 0 Å². The Labute approximate surface area is 172 Å².